The Bertz CT molecular complexity index is 1230. The molecule has 3 aromatic carbocycles. The van der Waals surface area contributed by atoms with E-state index in [1.165, 1.54) is 12.1 Å². The minimum Gasteiger partial charge on any atom is -0.490 e. The quantitative estimate of drug-likeness (QED) is 0.551. The molecule has 1 atom stereocenters. The van der Waals surface area contributed by atoms with E-state index in [2.05, 4.69) is 10.0 Å². The zero-order chi connectivity index (χ0) is 23.3. The summed E-state index contributed by atoms with van der Waals surface area (Å²) in [5, 5.41) is 2.73. The summed E-state index contributed by atoms with van der Waals surface area (Å²) in [6.07, 6.45) is 0.818. The summed E-state index contributed by atoms with van der Waals surface area (Å²) in [4.78, 5) is 12.6. The summed E-state index contributed by atoms with van der Waals surface area (Å²) in [5.41, 5.74) is 1.17. The molecule has 9 heteroatoms. The molecule has 0 aliphatic carbocycles. The normalized spacial score (nSPS) is 14.2. The first-order chi connectivity index (χ1) is 15.9. The van der Waals surface area contributed by atoms with Crippen molar-refractivity contribution >= 4 is 21.6 Å². The fourth-order valence-electron chi connectivity index (χ4n) is 3.42. The summed E-state index contributed by atoms with van der Waals surface area (Å²) in [7, 11) is -4.30. The van der Waals surface area contributed by atoms with Crippen LogP contribution in [-0.4, -0.2) is 33.6 Å². The van der Waals surface area contributed by atoms with Crippen LogP contribution in [0, 0.1) is 5.82 Å². The van der Waals surface area contributed by atoms with Crippen molar-refractivity contribution in [2.24, 2.45) is 0 Å². The van der Waals surface area contributed by atoms with Crippen LogP contribution in [0.2, 0.25) is 0 Å². The third kappa shape index (κ3) is 5.68. The Kier molecular flexibility index (Phi) is 6.90. The van der Waals surface area contributed by atoms with Crippen LogP contribution in [0.25, 0.3) is 0 Å². The van der Waals surface area contributed by atoms with Crippen molar-refractivity contribution in [3.05, 3.63) is 84.2 Å². The summed E-state index contributed by atoms with van der Waals surface area (Å²) in [5.74, 6) is -0.413. The van der Waals surface area contributed by atoms with Gasteiger partial charge in [-0.1, -0.05) is 42.5 Å². The van der Waals surface area contributed by atoms with E-state index < -0.39 is 32.7 Å². The second-order valence-electron chi connectivity index (χ2n) is 7.50. The predicted octanol–water partition coefficient (Wildman–Crippen LogP) is 3.52. The zero-order valence-corrected chi connectivity index (χ0v) is 18.5. The molecule has 2 N–H and O–H groups in total. The molecule has 1 aliphatic heterocycles. The van der Waals surface area contributed by atoms with Gasteiger partial charge in [0.15, 0.2) is 11.5 Å². The van der Waals surface area contributed by atoms with Crippen molar-refractivity contribution in [2.45, 2.75) is 23.8 Å². The molecule has 0 bridgehead atoms. The van der Waals surface area contributed by atoms with Gasteiger partial charge in [-0.25, -0.2) is 12.8 Å². The van der Waals surface area contributed by atoms with Gasteiger partial charge < -0.3 is 14.8 Å². The Morgan fingerprint density at radius 3 is 2.39 bits per heavy atom. The standard InChI is InChI=1S/C24H23FN2O5S/c25-19-9-4-5-10-23(19)33(29,30)27-20(15-17-7-2-1-3-8-17)24(28)26-18-11-12-21-22(16-18)32-14-6-13-31-21/h1-5,7-12,16,20,27H,6,13-15H2,(H,26,28)/t20-/m0/s1. The van der Waals surface area contributed by atoms with Crippen LogP contribution >= 0.6 is 0 Å². The van der Waals surface area contributed by atoms with Crippen LogP contribution in [0.15, 0.2) is 77.7 Å². The van der Waals surface area contributed by atoms with Gasteiger partial charge in [-0.2, -0.15) is 4.72 Å². The van der Waals surface area contributed by atoms with Crippen LogP contribution in [-0.2, 0) is 21.2 Å². The van der Waals surface area contributed by atoms with Crippen molar-refractivity contribution in [2.75, 3.05) is 18.5 Å². The Morgan fingerprint density at radius 1 is 0.939 bits per heavy atom. The molecule has 1 amide bonds. The molecule has 33 heavy (non-hydrogen) atoms. The van der Waals surface area contributed by atoms with E-state index in [0.717, 1.165) is 24.1 Å². The van der Waals surface area contributed by atoms with Gasteiger partial charge in [0.1, 0.15) is 16.8 Å². The highest BCUT2D eigenvalue weighted by Crippen LogP contribution is 2.32. The summed E-state index contributed by atoms with van der Waals surface area (Å²) in [6.45, 7) is 1.03. The Hall–Kier alpha value is -3.43. The second-order valence-corrected chi connectivity index (χ2v) is 9.18. The number of carbonyl (C=O) groups excluding carboxylic acids is 1. The molecule has 172 valence electrons. The topological polar surface area (TPSA) is 93.7 Å². The number of rotatable bonds is 7. The van der Waals surface area contributed by atoms with E-state index in [1.807, 2.05) is 6.07 Å². The van der Waals surface area contributed by atoms with E-state index in [9.17, 15) is 17.6 Å². The van der Waals surface area contributed by atoms with Gasteiger partial charge in [0, 0.05) is 18.2 Å². The Balaban J connectivity index is 1.58. The van der Waals surface area contributed by atoms with Crippen LogP contribution < -0.4 is 19.5 Å². The lowest BCUT2D eigenvalue weighted by atomic mass is 10.1. The number of halogens is 1. The van der Waals surface area contributed by atoms with Crippen molar-refractivity contribution in [3.8, 4) is 11.5 Å². The molecule has 1 heterocycles. The van der Waals surface area contributed by atoms with E-state index in [1.54, 1.807) is 42.5 Å². The van der Waals surface area contributed by atoms with Gasteiger partial charge in [0.25, 0.3) is 0 Å². The average Bonchev–Trinajstić information content (AvgIpc) is 3.04. The highest BCUT2D eigenvalue weighted by atomic mass is 32.2. The SMILES string of the molecule is O=C(Nc1ccc2c(c1)OCCCO2)[C@H](Cc1ccccc1)NS(=O)(=O)c1ccccc1F. The lowest BCUT2D eigenvalue weighted by Gasteiger charge is -2.19. The monoisotopic (exact) mass is 470 g/mol. The van der Waals surface area contributed by atoms with Gasteiger partial charge >= 0.3 is 0 Å². The van der Waals surface area contributed by atoms with E-state index >= 15 is 0 Å². The molecule has 0 saturated heterocycles. The molecule has 3 aromatic rings. The van der Waals surface area contributed by atoms with Crippen molar-refractivity contribution in [3.63, 3.8) is 0 Å². The number of fused-ring (bicyclic) bond motifs is 1. The molecule has 4 rings (SSSR count). The molecule has 0 radical (unpaired) electrons. The number of hydrogen-bond acceptors (Lipinski definition) is 5. The predicted molar refractivity (Wildman–Crippen MR) is 121 cm³/mol. The third-order valence-electron chi connectivity index (χ3n) is 5.04. The van der Waals surface area contributed by atoms with Crippen LogP contribution in [0.1, 0.15) is 12.0 Å². The number of carbonyl (C=O) groups is 1. The molecular weight excluding hydrogens is 447 g/mol. The molecule has 0 aromatic heterocycles. The highest BCUT2D eigenvalue weighted by molar-refractivity contribution is 7.89. The van der Waals surface area contributed by atoms with Crippen molar-refractivity contribution < 1.29 is 27.1 Å². The molecule has 0 fully saturated rings. The van der Waals surface area contributed by atoms with Gasteiger partial charge in [0.2, 0.25) is 15.9 Å². The van der Waals surface area contributed by atoms with Gasteiger partial charge in [-0.05, 0) is 36.2 Å². The molecular formula is C24H23FN2O5S. The van der Waals surface area contributed by atoms with Crippen molar-refractivity contribution in [1.29, 1.82) is 0 Å². The third-order valence-corrected chi connectivity index (χ3v) is 6.54. The van der Waals surface area contributed by atoms with Gasteiger partial charge in [-0.3, -0.25) is 4.79 Å². The minimum absolute atomic E-state index is 0.0743. The largest absolute Gasteiger partial charge is 0.490 e. The number of ether oxygens (including phenoxy) is 2. The summed E-state index contributed by atoms with van der Waals surface area (Å²) in [6, 6.07) is 17.8. The Morgan fingerprint density at radius 2 is 1.64 bits per heavy atom. The number of hydrogen-bond donors (Lipinski definition) is 2. The number of sulfonamides is 1. The Labute approximate surface area is 191 Å². The number of amides is 1. The van der Waals surface area contributed by atoms with Crippen LogP contribution in [0.3, 0.4) is 0 Å². The fourth-order valence-corrected chi connectivity index (χ4v) is 4.70. The highest BCUT2D eigenvalue weighted by Gasteiger charge is 2.28. The molecule has 0 unspecified atom stereocenters. The fraction of sp³-hybridized carbons (Fsp3) is 0.208. The zero-order valence-electron chi connectivity index (χ0n) is 17.7. The summed E-state index contributed by atoms with van der Waals surface area (Å²) >= 11 is 0. The second kappa shape index (κ2) is 10.0. The maximum Gasteiger partial charge on any atom is 0.244 e. The van der Waals surface area contributed by atoms with E-state index in [-0.39, 0.29) is 6.42 Å². The minimum atomic E-state index is -4.30. The lowest BCUT2D eigenvalue weighted by Crippen LogP contribution is -2.45. The molecule has 7 nitrogen and oxygen atoms in total. The first-order valence-corrected chi connectivity index (χ1v) is 11.9. The smallest absolute Gasteiger partial charge is 0.244 e. The van der Waals surface area contributed by atoms with Crippen LogP contribution in [0.5, 0.6) is 11.5 Å². The molecule has 1 aliphatic rings. The number of anilines is 1. The maximum atomic E-state index is 14.2. The number of nitrogens with one attached hydrogen (secondary N) is 2. The van der Waals surface area contributed by atoms with E-state index in [0.29, 0.717) is 30.4 Å². The first kappa shape index (κ1) is 22.8. The van der Waals surface area contributed by atoms with Gasteiger partial charge in [-0.15, -0.1) is 0 Å². The number of benzene rings is 3. The van der Waals surface area contributed by atoms with Crippen molar-refractivity contribution in [1.82, 2.24) is 4.72 Å². The van der Waals surface area contributed by atoms with Crippen LogP contribution in [0.4, 0.5) is 10.1 Å². The summed E-state index contributed by atoms with van der Waals surface area (Å²) < 4.78 is 53.5. The maximum absolute atomic E-state index is 14.2. The first-order valence-electron chi connectivity index (χ1n) is 10.4. The van der Waals surface area contributed by atoms with Gasteiger partial charge in [0.05, 0.1) is 13.2 Å². The average molecular weight is 471 g/mol. The lowest BCUT2D eigenvalue weighted by molar-refractivity contribution is -0.117. The molecule has 0 saturated carbocycles. The molecule has 0 spiro atoms. The van der Waals surface area contributed by atoms with E-state index in [4.69, 9.17) is 9.47 Å².